The van der Waals surface area contributed by atoms with E-state index < -0.39 is 0 Å². The number of fused-ring (bicyclic) bond motifs is 1. The molecule has 2 rings (SSSR count). The number of aryl methyl sites for hydroxylation is 2. The van der Waals surface area contributed by atoms with E-state index in [1.807, 2.05) is 0 Å². The van der Waals surface area contributed by atoms with Gasteiger partial charge in [0.15, 0.2) is 0 Å². The third-order valence-electron chi connectivity index (χ3n) is 3.45. The smallest absolute Gasteiger partial charge is 0.0152 e. The molecule has 0 aliphatic rings. The molecule has 2 aromatic rings. The topological polar surface area (TPSA) is 0 Å². The van der Waals surface area contributed by atoms with E-state index >= 15 is 0 Å². The zero-order valence-corrected chi connectivity index (χ0v) is 10.5. The molecule has 0 atom stereocenters. The Labute approximate surface area is 98.3 Å². The summed E-state index contributed by atoms with van der Waals surface area (Å²) in [5.41, 5.74) is 4.48. The molecular weight excluding hydrogens is 192 g/mol. The Kier molecular flexibility index (Phi) is 3.28. The molecule has 0 amide bonds. The first-order chi connectivity index (χ1) is 7.74. The normalized spacial score (nSPS) is 10.9. The average Bonchev–Trinajstić information content (AvgIpc) is 2.29. The summed E-state index contributed by atoms with van der Waals surface area (Å²) in [4.78, 5) is 0. The van der Waals surface area contributed by atoms with Gasteiger partial charge in [0.25, 0.3) is 0 Å². The lowest BCUT2D eigenvalue weighted by Gasteiger charge is -2.12. The van der Waals surface area contributed by atoms with Crippen LogP contribution in [0.15, 0.2) is 30.3 Å². The van der Waals surface area contributed by atoms with Gasteiger partial charge < -0.3 is 0 Å². The Morgan fingerprint density at radius 3 is 2.56 bits per heavy atom. The molecule has 0 nitrogen and oxygen atoms in total. The molecule has 0 aliphatic heterocycles. The maximum absolute atomic E-state index is 2.33. The van der Waals surface area contributed by atoms with Crippen molar-refractivity contribution in [2.75, 3.05) is 0 Å². The van der Waals surface area contributed by atoms with Crippen molar-refractivity contribution in [2.45, 2.75) is 40.0 Å². The Balaban J connectivity index is 2.56. The molecule has 0 aromatic heterocycles. The molecule has 0 radical (unpaired) electrons. The molecule has 0 saturated carbocycles. The molecular formula is C16H20. The number of hydrogen-bond acceptors (Lipinski definition) is 0. The van der Waals surface area contributed by atoms with E-state index in [4.69, 9.17) is 0 Å². The fourth-order valence-corrected chi connectivity index (χ4v) is 2.48. The van der Waals surface area contributed by atoms with Crippen molar-refractivity contribution in [3.05, 3.63) is 47.0 Å². The van der Waals surface area contributed by atoms with Crippen LogP contribution in [0.1, 0.15) is 36.5 Å². The minimum atomic E-state index is 1.22. The summed E-state index contributed by atoms with van der Waals surface area (Å²) >= 11 is 0. The average molecular weight is 212 g/mol. The Bertz CT molecular complexity index is 495. The molecule has 0 heteroatoms. The number of benzene rings is 2. The first-order valence-electron chi connectivity index (χ1n) is 6.22. The molecule has 2 aromatic carbocycles. The lowest BCUT2D eigenvalue weighted by atomic mass is 9.92. The summed E-state index contributed by atoms with van der Waals surface area (Å²) in [6, 6.07) is 11.0. The van der Waals surface area contributed by atoms with Crippen molar-refractivity contribution < 1.29 is 0 Å². The predicted octanol–water partition coefficient (Wildman–Crippen LogP) is 4.80. The molecule has 0 spiro atoms. The van der Waals surface area contributed by atoms with Gasteiger partial charge in [-0.15, -0.1) is 0 Å². The fourth-order valence-electron chi connectivity index (χ4n) is 2.48. The largest absolute Gasteiger partial charge is 0.0654 e. The maximum Gasteiger partial charge on any atom is -0.0152 e. The first-order valence-corrected chi connectivity index (χ1v) is 6.22. The fraction of sp³-hybridized carbons (Fsp3) is 0.375. The lowest BCUT2D eigenvalue weighted by molar-refractivity contribution is 0.788. The van der Waals surface area contributed by atoms with Gasteiger partial charge in [-0.25, -0.2) is 0 Å². The minimum absolute atomic E-state index is 1.22. The molecule has 0 unspecified atom stereocenters. The van der Waals surface area contributed by atoms with Crippen LogP contribution in [0.5, 0.6) is 0 Å². The van der Waals surface area contributed by atoms with Gasteiger partial charge in [0.2, 0.25) is 0 Å². The predicted molar refractivity (Wildman–Crippen MR) is 72.0 cm³/mol. The van der Waals surface area contributed by atoms with Crippen molar-refractivity contribution in [3.63, 3.8) is 0 Å². The van der Waals surface area contributed by atoms with Gasteiger partial charge in [-0.3, -0.25) is 0 Å². The SMILES string of the molecule is CCCCc1c(C)cc2ccccc2c1C. The van der Waals surface area contributed by atoms with Crippen molar-refractivity contribution >= 4 is 10.8 Å². The van der Waals surface area contributed by atoms with Crippen LogP contribution in [0.4, 0.5) is 0 Å². The standard InChI is InChI=1S/C16H20/c1-4-5-9-15-12(2)11-14-8-6-7-10-16(14)13(15)3/h6-8,10-11H,4-5,9H2,1-3H3. The van der Waals surface area contributed by atoms with Crippen molar-refractivity contribution in [1.82, 2.24) is 0 Å². The second-order valence-electron chi connectivity index (χ2n) is 4.62. The highest BCUT2D eigenvalue weighted by atomic mass is 14.1. The highest BCUT2D eigenvalue weighted by molar-refractivity contribution is 5.87. The third kappa shape index (κ3) is 1.97. The molecule has 0 saturated heterocycles. The van der Waals surface area contributed by atoms with E-state index in [0.717, 1.165) is 0 Å². The van der Waals surface area contributed by atoms with Crippen LogP contribution in [-0.4, -0.2) is 0 Å². The van der Waals surface area contributed by atoms with Crippen LogP contribution < -0.4 is 0 Å². The van der Waals surface area contributed by atoms with Gasteiger partial charge in [0.1, 0.15) is 0 Å². The van der Waals surface area contributed by atoms with Crippen LogP contribution >= 0.6 is 0 Å². The van der Waals surface area contributed by atoms with Gasteiger partial charge in [-0.1, -0.05) is 43.7 Å². The van der Waals surface area contributed by atoms with E-state index in [9.17, 15) is 0 Å². The van der Waals surface area contributed by atoms with Crippen LogP contribution in [-0.2, 0) is 6.42 Å². The monoisotopic (exact) mass is 212 g/mol. The number of hydrogen-bond donors (Lipinski definition) is 0. The Morgan fingerprint density at radius 1 is 1.06 bits per heavy atom. The highest BCUT2D eigenvalue weighted by Gasteiger charge is 2.06. The zero-order valence-electron chi connectivity index (χ0n) is 10.5. The Hall–Kier alpha value is -1.30. The molecule has 0 N–H and O–H groups in total. The van der Waals surface area contributed by atoms with E-state index in [1.54, 1.807) is 5.56 Å². The summed E-state index contributed by atoms with van der Waals surface area (Å²) in [6.07, 6.45) is 3.78. The highest BCUT2D eigenvalue weighted by Crippen LogP contribution is 2.26. The van der Waals surface area contributed by atoms with Crippen LogP contribution in [0, 0.1) is 13.8 Å². The van der Waals surface area contributed by atoms with Gasteiger partial charge in [0.05, 0.1) is 0 Å². The quantitative estimate of drug-likeness (QED) is 0.685. The molecule has 0 aliphatic carbocycles. The summed E-state index contributed by atoms with van der Waals surface area (Å²) in [5.74, 6) is 0. The van der Waals surface area contributed by atoms with Crippen molar-refractivity contribution in [2.24, 2.45) is 0 Å². The lowest BCUT2D eigenvalue weighted by Crippen LogP contribution is -1.95. The zero-order chi connectivity index (χ0) is 11.5. The van der Waals surface area contributed by atoms with Crippen molar-refractivity contribution in [3.8, 4) is 0 Å². The van der Waals surface area contributed by atoms with Gasteiger partial charge in [-0.05, 0) is 54.2 Å². The van der Waals surface area contributed by atoms with Gasteiger partial charge in [-0.2, -0.15) is 0 Å². The van der Waals surface area contributed by atoms with Crippen molar-refractivity contribution in [1.29, 1.82) is 0 Å². The van der Waals surface area contributed by atoms with Gasteiger partial charge >= 0.3 is 0 Å². The van der Waals surface area contributed by atoms with Crippen LogP contribution in [0.2, 0.25) is 0 Å². The minimum Gasteiger partial charge on any atom is -0.0654 e. The molecule has 0 heterocycles. The summed E-state index contributed by atoms with van der Waals surface area (Å²) < 4.78 is 0. The number of unbranched alkanes of at least 4 members (excludes halogenated alkanes) is 1. The molecule has 16 heavy (non-hydrogen) atoms. The van der Waals surface area contributed by atoms with E-state index in [2.05, 4.69) is 51.1 Å². The molecule has 0 fully saturated rings. The summed E-state index contributed by atoms with van der Waals surface area (Å²) in [6.45, 7) is 6.76. The second-order valence-corrected chi connectivity index (χ2v) is 4.62. The molecule has 0 bridgehead atoms. The van der Waals surface area contributed by atoms with Crippen LogP contribution in [0.25, 0.3) is 10.8 Å². The second kappa shape index (κ2) is 4.69. The maximum atomic E-state index is 2.33. The first kappa shape index (κ1) is 11.2. The Morgan fingerprint density at radius 2 is 1.81 bits per heavy atom. The van der Waals surface area contributed by atoms with E-state index in [1.165, 1.54) is 41.2 Å². The number of rotatable bonds is 3. The summed E-state index contributed by atoms with van der Waals surface area (Å²) in [5, 5.41) is 2.79. The van der Waals surface area contributed by atoms with E-state index in [-0.39, 0.29) is 0 Å². The third-order valence-corrected chi connectivity index (χ3v) is 3.45. The van der Waals surface area contributed by atoms with Crippen LogP contribution in [0.3, 0.4) is 0 Å². The molecule has 84 valence electrons. The summed E-state index contributed by atoms with van der Waals surface area (Å²) in [7, 11) is 0. The van der Waals surface area contributed by atoms with E-state index in [0.29, 0.717) is 0 Å². The van der Waals surface area contributed by atoms with Gasteiger partial charge in [0, 0.05) is 0 Å².